The molecule has 1 N–H and O–H groups in total. The summed E-state index contributed by atoms with van der Waals surface area (Å²) < 4.78 is 24.1. The minimum absolute atomic E-state index is 0.0210. The summed E-state index contributed by atoms with van der Waals surface area (Å²) in [6.07, 6.45) is 0. The summed E-state index contributed by atoms with van der Waals surface area (Å²) in [4.78, 5) is 16.2. The molecule has 0 aliphatic heterocycles. The molecule has 5 nitrogen and oxygen atoms in total. The Morgan fingerprint density at radius 2 is 1.55 bits per heavy atom. The van der Waals surface area contributed by atoms with Crippen LogP contribution >= 0.6 is 0 Å². The van der Waals surface area contributed by atoms with Crippen molar-refractivity contribution in [3.05, 3.63) is 84.2 Å². The number of aromatic carboxylic acids is 1. The average Bonchev–Trinajstić information content (AvgIpc) is 2.79. The van der Waals surface area contributed by atoms with Crippen molar-refractivity contribution in [1.29, 1.82) is 0 Å². The van der Waals surface area contributed by atoms with Crippen LogP contribution in [-0.4, -0.2) is 36.4 Å². The van der Waals surface area contributed by atoms with E-state index in [4.69, 9.17) is 9.47 Å². The summed E-state index contributed by atoms with van der Waals surface area (Å²) in [5.41, 5.74) is 3.78. The summed E-state index contributed by atoms with van der Waals surface area (Å²) in [6.45, 7) is 1.03. The van der Waals surface area contributed by atoms with Gasteiger partial charge in [0.15, 0.2) is 0 Å². The molecule has 1 heterocycles. The van der Waals surface area contributed by atoms with Crippen LogP contribution in [0, 0.1) is 5.82 Å². The van der Waals surface area contributed by atoms with Gasteiger partial charge in [0.2, 0.25) is 0 Å². The minimum atomic E-state index is -1.12. The lowest BCUT2D eigenvalue weighted by Crippen LogP contribution is -2.03. The van der Waals surface area contributed by atoms with Gasteiger partial charge in [-0.2, -0.15) is 0 Å². The molecule has 4 aromatic rings. The van der Waals surface area contributed by atoms with E-state index >= 15 is 0 Å². The third-order valence-corrected chi connectivity index (χ3v) is 4.93. The quantitative estimate of drug-likeness (QED) is 0.406. The molecule has 31 heavy (non-hydrogen) atoms. The lowest BCUT2D eigenvalue weighted by atomic mass is 10.0. The fraction of sp³-hybridized carbons (Fsp3) is 0.120. The number of fused-ring (bicyclic) bond motifs is 1. The third-order valence-electron chi connectivity index (χ3n) is 4.93. The zero-order valence-electron chi connectivity index (χ0n) is 16.8. The number of carboxylic acid groups (broad SMARTS) is 1. The summed E-state index contributed by atoms with van der Waals surface area (Å²) in [6, 6.07) is 20.9. The second-order valence-corrected chi connectivity index (χ2v) is 6.96. The Morgan fingerprint density at radius 1 is 0.903 bits per heavy atom. The first-order valence-electron chi connectivity index (χ1n) is 9.71. The van der Waals surface area contributed by atoms with E-state index in [-0.39, 0.29) is 10.9 Å². The number of hydrogen-bond donors (Lipinski definition) is 1. The van der Waals surface area contributed by atoms with Crippen LogP contribution in [0.4, 0.5) is 4.39 Å². The molecule has 0 radical (unpaired) electrons. The highest BCUT2D eigenvalue weighted by Gasteiger charge is 2.14. The van der Waals surface area contributed by atoms with Gasteiger partial charge in [-0.25, -0.2) is 14.2 Å². The fourth-order valence-corrected chi connectivity index (χ4v) is 3.34. The lowest BCUT2D eigenvalue weighted by Gasteiger charge is -2.09. The molecule has 4 rings (SSSR count). The Morgan fingerprint density at radius 3 is 2.19 bits per heavy atom. The standard InChI is InChI=1S/C25H20FNO4/c1-30-12-13-31-20-9-6-17(7-10-20)16-2-4-18(5-3-16)24-15-22(25(28)29)21-14-19(26)8-11-23(21)27-24/h2-11,14-15H,12-13H2,1H3,(H,28,29). The molecule has 6 heteroatoms. The van der Waals surface area contributed by atoms with Gasteiger partial charge in [0.05, 0.1) is 23.4 Å². The molecule has 0 spiro atoms. The van der Waals surface area contributed by atoms with Gasteiger partial charge in [0, 0.05) is 18.1 Å². The van der Waals surface area contributed by atoms with Gasteiger partial charge < -0.3 is 14.6 Å². The zero-order chi connectivity index (χ0) is 21.8. The monoisotopic (exact) mass is 417 g/mol. The first-order valence-corrected chi connectivity index (χ1v) is 9.71. The number of pyridine rings is 1. The predicted octanol–water partition coefficient (Wildman–Crippen LogP) is 5.43. The Balaban J connectivity index is 1.61. The van der Waals surface area contributed by atoms with Gasteiger partial charge in [-0.05, 0) is 47.5 Å². The normalized spacial score (nSPS) is 10.9. The minimum Gasteiger partial charge on any atom is -0.491 e. The molecule has 0 fully saturated rings. The van der Waals surface area contributed by atoms with Crippen LogP contribution in [0.15, 0.2) is 72.8 Å². The number of halogens is 1. The number of aromatic nitrogens is 1. The lowest BCUT2D eigenvalue weighted by molar-refractivity contribution is 0.0699. The number of carbonyl (C=O) groups is 1. The zero-order valence-corrected chi connectivity index (χ0v) is 16.8. The highest BCUT2D eigenvalue weighted by Crippen LogP contribution is 2.28. The number of carboxylic acids is 1. The van der Waals surface area contributed by atoms with Crippen LogP contribution in [0.2, 0.25) is 0 Å². The van der Waals surface area contributed by atoms with Crippen molar-refractivity contribution in [2.24, 2.45) is 0 Å². The van der Waals surface area contributed by atoms with Gasteiger partial charge in [-0.3, -0.25) is 0 Å². The molecule has 0 unspecified atom stereocenters. The highest BCUT2D eigenvalue weighted by molar-refractivity contribution is 6.03. The van der Waals surface area contributed by atoms with Crippen LogP contribution in [0.3, 0.4) is 0 Å². The van der Waals surface area contributed by atoms with Gasteiger partial charge in [-0.15, -0.1) is 0 Å². The van der Waals surface area contributed by atoms with Crippen molar-refractivity contribution in [3.63, 3.8) is 0 Å². The van der Waals surface area contributed by atoms with Crippen molar-refractivity contribution in [3.8, 4) is 28.1 Å². The van der Waals surface area contributed by atoms with Crippen molar-refractivity contribution in [2.75, 3.05) is 20.3 Å². The predicted molar refractivity (Wildman–Crippen MR) is 117 cm³/mol. The molecule has 1 aromatic heterocycles. The number of benzene rings is 3. The maximum atomic E-state index is 13.6. The maximum absolute atomic E-state index is 13.6. The summed E-state index contributed by atoms with van der Waals surface area (Å²) in [5, 5.41) is 9.84. The van der Waals surface area contributed by atoms with Gasteiger partial charge in [-0.1, -0.05) is 36.4 Å². The van der Waals surface area contributed by atoms with Crippen LogP contribution < -0.4 is 4.74 Å². The summed E-state index contributed by atoms with van der Waals surface area (Å²) in [7, 11) is 1.63. The van der Waals surface area contributed by atoms with E-state index in [2.05, 4.69) is 4.98 Å². The first-order chi connectivity index (χ1) is 15.0. The number of methoxy groups -OCH3 is 1. The van der Waals surface area contributed by atoms with Gasteiger partial charge in [0.1, 0.15) is 18.2 Å². The van der Waals surface area contributed by atoms with E-state index in [0.29, 0.717) is 24.4 Å². The van der Waals surface area contributed by atoms with Crippen LogP contribution in [0.25, 0.3) is 33.3 Å². The Hall–Kier alpha value is -3.77. The van der Waals surface area contributed by atoms with E-state index in [1.807, 2.05) is 48.5 Å². The number of rotatable bonds is 7. The van der Waals surface area contributed by atoms with Crippen molar-refractivity contribution >= 4 is 16.9 Å². The van der Waals surface area contributed by atoms with Crippen molar-refractivity contribution < 1.29 is 23.8 Å². The second-order valence-electron chi connectivity index (χ2n) is 6.96. The van der Waals surface area contributed by atoms with Gasteiger partial charge >= 0.3 is 5.97 Å². The summed E-state index contributed by atoms with van der Waals surface area (Å²) in [5.74, 6) is -0.844. The van der Waals surface area contributed by atoms with E-state index in [9.17, 15) is 14.3 Å². The smallest absolute Gasteiger partial charge is 0.336 e. The Labute approximate surface area is 178 Å². The first kappa shape index (κ1) is 20.5. The second kappa shape index (κ2) is 8.93. The van der Waals surface area contributed by atoms with E-state index in [0.717, 1.165) is 22.4 Å². The molecular formula is C25H20FNO4. The van der Waals surface area contributed by atoms with Crippen molar-refractivity contribution in [1.82, 2.24) is 4.98 Å². The molecule has 156 valence electrons. The van der Waals surface area contributed by atoms with Crippen LogP contribution in [0.1, 0.15) is 10.4 Å². The maximum Gasteiger partial charge on any atom is 0.336 e. The molecule has 3 aromatic carbocycles. The number of nitrogens with zero attached hydrogens (tertiary/aromatic N) is 1. The topological polar surface area (TPSA) is 68.7 Å². The molecular weight excluding hydrogens is 397 g/mol. The van der Waals surface area contributed by atoms with Crippen LogP contribution in [-0.2, 0) is 4.74 Å². The molecule has 0 bridgehead atoms. The van der Waals surface area contributed by atoms with E-state index in [1.54, 1.807) is 7.11 Å². The largest absolute Gasteiger partial charge is 0.491 e. The number of ether oxygens (including phenoxy) is 2. The SMILES string of the molecule is COCCOc1ccc(-c2ccc(-c3cc(C(=O)O)c4cc(F)ccc4n3)cc2)cc1. The fourth-order valence-electron chi connectivity index (χ4n) is 3.34. The third kappa shape index (κ3) is 4.54. The molecule has 0 atom stereocenters. The van der Waals surface area contributed by atoms with E-state index in [1.165, 1.54) is 24.3 Å². The van der Waals surface area contributed by atoms with Gasteiger partial charge in [0.25, 0.3) is 0 Å². The molecule has 0 saturated carbocycles. The molecule has 0 aliphatic carbocycles. The number of hydrogen-bond acceptors (Lipinski definition) is 4. The molecule has 0 amide bonds. The molecule has 0 saturated heterocycles. The van der Waals surface area contributed by atoms with E-state index < -0.39 is 11.8 Å². The summed E-state index contributed by atoms with van der Waals surface area (Å²) >= 11 is 0. The highest BCUT2D eigenvalue weighted by atomic mass is 19.1. The van der Waals surface area contributed by atoms with Crippen LogP contribution in [0.5, 0.6) is 5.75 Å². The average molecular weight is 417 g/mol. The van der Waals surface area contributed by atoms with Crippen molar-refractivity contribution in [2.45, 2.75) is 0 Å². The Bertz CT molecular complexity index is 1220. The Kier molecular flexibility index (Phi) is 5.91. The molecule has 0 aliphatic rings.